The molecule has 0 radical (unpaired) electrons. The van der Waals surface area contributed by atoms with E-state index in [4.69, 9.17) is 21.7 Å². The molecule has 0 aliphatic carbocycles. The summed E-state index contributed by atoms with van der Waals surface area (Å²) in [6.07, 6.45) is 0.773. The maximum Gasteiger partial charge on any atom is 0.343 e. The van der Waals surface area contributed by atoms with Crippen LogP contribution in [0.15, 0.2) is 48.5 Å². The van der Waals surface area contributed by atoms with Gasteiger partial charge in [-0.05, 0) is 42.7 Å². The van der Waals surface area contributed by atoms with Crippen molar-refractivity contribution < 1.29 is 23.8 Å². The van der Waals surface area contributed by atoms with Crippen LogP contribution in [0.5, 0.6) is 5.75 Å². The van der Waals surface area contributed by atoms with Gasteiger partial charge in [0, 0.05) is 24.0 Å². The smallest absolute Gasteiger partial charge is 0.343 e. The van der Waals surface area contributed by atoms with E-state index in [-0.39, 0.29) is 19.1 Å². The average molecular weight is 467 g/mol. The summed E-state index contributed by atoms with van der Waals surface area (Å²) >= 11 is 5.92. The van der Waals surface area contributed by atoms with Gasteiger partial charge in [0.05, 0.1) is 19.4 Å². The van der Waals surface area contributed by atoms with Crippen molar-refractivity contribution in [3.05, 3.63) is 65.4 Å². The number of esters is 2. The van der Waals surface area contributed by atoms with Crippen LogP contribution < -0.4 is 4.74 Å². The number of fused-ring (bicyclic) bond motifs is 3. The molecule has 0 atom stereocenters. The van der Waals surface area contributed by atoms with Crippen LogP contribution in [-0.4, -0.2) is 53.3 Å². The van der Waals surface area contributed by atoms with Gasteiger partial charge in [0.2, 0.25) is 0 Å². The Bertz CT molecular complexity index is 1190. The highest BCUT2D eigenvalue weighted by atomic mass is 32.1. The van der Waals surface area contributed by atoms with Gasteiger partial charge >= 0.3 is 11.9 Å². The normalized spacial score (nSPS) is 13.0. The van der Waals surface area contributed by atoms with Crippen molar-refractivity contribution in [1.82, 2.24) is 9.47 Å². The molecule has 0 amide bonds. The van der Waals surface area contributed by atoms with Gasteiger partial charge in [0.25, 0.3) is 0 Å². The van der Waals surface area contributed by atoms with E-state index in [9.17, 15) is 9.59 Å². The Morgan fingerprint density at radius 1 is 1.09 bits per heavy atom. The third kappa shape index (κ3) is 4.85. The second-order valence-electron chi connectivity index (χ2n) is 7.72. The highest BCUT2D eigenvalue weighted by molar-refractivity contribution is 7.80. The van der Waals surface area contributed by atoms with E-state index in [1.165, 1.54) is 12.7 Å². The first kappa shape index (κ1) is 22.8. The van der Waals surface area contributed by atoms with E-state index in [0.717, 1.165) is 35.1 Å². The highest BCUT2D eigenvalue weighted by Crippen LogP contribution is 2.34. The van der Waals surface area contributed by atoms with Crippen LogP contribution in [0, 0.1) is 0 Å². The van der Waals surface area contributed by atoms with Crippen LogP contribution >= 0.6 is 12.2 Å². The Hall–Kier alpha value is -3.39. The third-order valence-corrected chi connectivity index (χ3v) is 6.11. The third-order valence-electron chi connectivity index (χ3n) is 5.65. The largest absolute Gasteiger partial charge is 0.482 e. The second-order valence-corrected chi connectivity index (χ2v) is 8.11. The Morgan fingerprint density at radius 2 is 1.88 bits per heavy atom. The predicted molar refractivity (Wildman–Crippen MR) is 128 cm³/mol. The molecule has 2 aromatic carbocycles. The number of thiocarbonyl (C=S) groups is 1. The van der Waals surface area contributed by atoms with E-state index in [2.05, 4.69) is 21.8 Å². The molecule has 0 bridgehead atoms. The van der Waals surface area contributed by atoms with Crippen molar-refractivity contribution in [3.63, 3.8) is 0 Å². The zero-order valence-electron chi connectivity index (χ0n) is 18.7. The van der Waals surface area contributed by atoms with Gasteiger partial charge in [0.1, 0.15) is 17.3 Å². The van der Waals surface area contributed by atoms with Crippen LogP contribution in [0.3, 0.4) is 0 Å². The molecule has 1 aromatic heterocycles. The number of nitrogens with zero attached hydrogens (tertiary/aromatic N) is 2. The lowest BCUT2D eigenvalue weighted by atomic mass is 10.0. The molecule has 1 aliphatic heterocycles. The molecule has 4 rings (SSSR count). The molecular formula is C25H26N2O5S. The van der Waals surface area contributed by atoms with Crippen molar-refractivity contribution in [2.75, 3.05) is 26.9 Å². The number of benzene rings is 2. The van der Waals surface area contributed by atoms with E-state index in [1.807, 2.05) is 34.9 Å². The molecule has 1 aliphatic rings. The van der Waals surface area contributed by atoms with Crippen molar-refractivity contribution in [2.45, 2.75) is 26.4 Å². The van der Waals surface area contributed by atoms with E-state index >= 15 is 0 Å². The lowest BCUT2D eigenvalue weighted by Gasteiger charge is -2.31. The molecule has 0 saturated heterocycles. The van der Waals surface area contributed by atoms with Gasteiger partial charge in [-0.25, -0.2) is 4.79 Å². The zero-order valence-corrected chi connectivity index (χ0v) is 19.5. The summed E-state index contributed by atoms with van der Waals surface area (Å²) in [7, 11) is 1.32. The summed E-state index contributed by atoms with van der Waals surface area (Å²) in [4.78, 5) is 26.8. The minimum absolute atomic E-state index is 0.0708. The van der Waals surface area contributed by atoms with Gasteiger partial charge in [0.15, 0.2) is 6.61 Å². The summed E-state index contributed by atoms with van der Waals surface area (Å²) in [5, 5.41) is 0.957. The summed E-state index contributed by atoms with van der Waals surface area (Å²) in [5.74, 6) is -0.206. The molecule has 7 nitrogen and oxygen atoms in total. The van der Waals surface area contributed by atoms with Crippen LogP contribution in [-0.2, 0) is 38.6 Å². The Morgan fingerprint density at radius 3 is 2.61 bits per heavy atom. The van der Waals surface area contributed by atoms with Crippen LogP contribution in [0.1, 0.15) is 23.7 Å². The summed E-state index contributed by atoms with van der Waals surface area (Å²) in [6, 6.07) is 15.8. The van der Waals surface area contributed by atoms with Crippen molar-refractivity contribution >= 4 is 40.0 Å². The van der Waals surface area contributed by atoms with E-state index < -0.39 is 5.97 Å². The quantitative estimate of drug-likeness (QED) is 0.372. The first-order chi connectivity index (χ1) is 16.0. The molecule has 3 aromatic rings. The number of ether oxygens (including phenoxy) is 3. The summed E-state index contributed by atoms with van der Waals surface area (Å²) in [5.41, 5.74) is 3.99. The standard InChI is InChI=1S/C25H26N2O5S/c1-3-31-22(28)15-27-21-10-9-18(32-16-23(29)30-2)13-20(21)19-11-12-26(25(33)24(19)27)14-17-7-5-4-6-8-17/h4-10,13H,3,11-12,14-16H2,1-2H3. The van der Waals surface area contributed by atoms with Gasteiger partial charge in [-0.3, -0.25) is 4.79 Å². The van der Waals surface area contributed by atoms with Crippen molar-refractivity contribution in [1.29, 1.82) is 0 Å². The lowest BCUT2D eigenvalue weighted by molar-refractivity contribution is -0.144. The number of carbonyl (C=O) groups excluding carboxylic acids is 2. The van der Waals surface area contributed by atoms with E-state index in [0.29, 0.717) is 23.9 Å². The SMILES string of the molecule is CCOC(=O)Cn1c2c(c3cc(OCC(=O)OC)ccc31)CCN(Cc1ccccc1)C2=S. The van der Waals surface area contributed by atoms with Crippen LogP contribution in [0.4, 0.5) is 0 Å². The first-order valence-corrected chi connectivity index (χ1v) is 11.3. The molecule has 33 heavy (non-hydrogen) atoms. The first-order valence-electron chi connectivity index (χ1n) is 10.8. The van der Waals surface area contributed by atoms with Gasteiger partial charge < -0.3 is 23.7 Å². The summed E-state index contributed by atoms with van der Waals surface area (Å²) < 4.78 is 17.4. The average Bonchev–Trinajstić information content (AvgIpc) is 3.13. The molecule has 0 unspecified atom stereocenters. The molecule has 8 heteroatoms. The van der Waals surface area contributed by atoms with Crippen molar-refractivity contribution in [3.8, 4) is 5.75 Å². The fourth-order valence-electron chi connectivity index (χ4n) is 4.14. The minimum atomic E-state index is -0.449. The van der Waals surface area contributed by atoms with Gasteiger partial charge in [-0.15, -0.1) is 0 Å². The number of hydrogen-bond donors (Lipinski definition) is 0. The lowest BCUT2D eigenvalue weighted by Crippen LogP contribution is -2.37. The zero-order chi connectivity index (χ0) is 23.4. The fraction of sp³-hybridized carbons (Fsp3) is 0.320. The topological polar surface area (TPSA) is 70.0 Å². The number of hydrogen-bond acceptors (Lipinski definition) is 6. The molecule has 0 N–H and O–H groups in total. The highest BCUT2D eigenvalue weighted by Gasteiger charge is 2.29. The maximum atomic E-state index is 12.4. The van der Waals surface area contributed by atoms with E-state index in [1.54, 1.807) is 13.0 Å². The number of aromatic nitrogens is 1. The monoisotopic (exact) mass is 466 g/mol. The van der Waals surface area contributed by atoms with Crippen molar-refractivity contribution in [2.24, 2.45) is 0 Å². The molecular weight excluding hydrogens is 440 g/mol. The second kappa shape index (κ2) is 10.0. The molecule has 0 spiro atoms. The van der Waals surface area contributed by atoms with Gasteiger partial charge in [-0.1, -0.05) is 42.5 Å². The van der Waals surface area contributed by atoms with Crippen LogP contribution in [0.2, 0.25) is 0 Å². The van der Waals surface area contributed by atoms with Gasteiger partial charge in [-0.2, -0.15) is 0 Å². The number of rotatable bonds is 8. The number of methoxy groups -OCH3 is 1. The maximum absolute atomic E-state index is 12.4. The molecule has 2 heterocycles. The number of carbonyl (C=O) groups is 2. The molecule has 172 valence electrons. The minimum Gasteiger partial charge on any atom is -0.482 e. The predicted octanol–water partition coefficient (Wildman–Crippen LogP) is 3.49. The van der Waals surface area contributed by atoms with Crippen LogP contribution in [0.25, 0.3) is 10.9 Å². The Labute approximate surface area is 197 Å². The molecule has 0 saturated carbocycles. The Kier molecular flexibility index (Phi) is 6.93. The summed E-state index contributed by atoms with van der Waals surface area (Å²) in [6.45, 7) is 3.48. The molecule has 0 fully saturated rings. The fourth-order valence-corrected chi connectivity index (χ4v) is 4.53. The Balaban J connectivity index is 1.72.